The summed E-state index contributed by atoms with van der Waals surface area (Å²) in [5, 5.41) is 11.3. The second-order valence-corrected chi connectivity index (χ2v) is 7.04. The van der Waals surface area contributed by atoms with Gasteiger partial charge in [0.05, 0.1) is 0 Å². The van der Waals surface area contributed by atoms with Gasteiger partial charge in [-0.2, -0.15) is 0 Å². The van der Waals surface area contributed by atoms with Crippen LogP contribution in [0.5, 0.6) is 0 Å². The van der Waals surface area contributed by atoms with Crippen molar-refractivity contribution < 1.29 is 4.39 Å². The van der Waals surface area contributed by atoms with E-state index in [4.69, 9.17) is 0 Å². The Morgan fingerprint density at radius 3 is 2.65 bits per heavy atom. The summed E-state index contributed by atoms with van der Waals surface area (Å²) in [6.45, 7) is 8.30. The molecule has 3 rings (SSSR count). The predicted octanol–water partition coefficient (Wildman–Crippen LogP) is 4.72. The van der Waals surface area contributed by atoms with Gasteiger partial charge in [0.15, 0.2) is 5.82 Å². The Kier molecular flexibility index (Phi) is 5.78. The molecular formula is C21H25FN4. The molecule has 2 N–H and O–H groups in total. The zero-order valence-electron chi connectivity index (χ0n) is 15.5. The number of halogens is 1. The van der Waals surface area contributed by atoms with Crippen molar-refractivity contribution in [1.82, 2.24) is 20.5 Å². The zero-order chi connectivity index (χ0) is 18.5. The van der Waals surface area contributed by atoms with Crippen molar-refractivity contribution in [2.75, 3.05) is 6.54 Å². The molecule has 0 atom stereocenters. The van der Waals surface area contributed by atoms with Crippen molar-refractivity contribution in [3.63, 3.8) is 0 Å². The van der Waals surface area contributed by atoms with Crippen LogP contribution < -0.4 is 5.32 Å². The van der Waals surface area contributed by atoms with E-state index < -0.39 is 0 Å². The van der Waals surface area contributed by atoms with E-state index in [0.717, 1.165) is 36.2 Å². The molecule has 0 amide bonds. The van der Waals surface area contributed by atoms with Gasteiger partial charge in [0.2, 0.25) is 0 Å². The van der Waals surface area contributed by atoms with E-state index in [1.165, 1.54) is 18.0 Å². The van der Waals surface area contributed by atoms with Gasteiger partial charge in [-0.15, -0.1) is 10.2 Å². The fourth-order valence-electron chi connectivity index (χ4n) is 2.99. The number of aryl methyl sites for hydroxylation is 1. The number of nitrogens with one attached hydrogen (secondary N) is 2. The summed E-state index contributed by atoms with van der Waals surface area (Å²) >= 11 is 0. The normalized spacial score (nSPS) is 11.3. The summed E-state index contributed by atoms with van der Waals surface area (Å²) in [6.07, 6.45) is 2.68. The minimum absolute atomic E-state index is 0.237. The third-order valence-corrected chi connectivity index (χ3v) is 4.47. The Morgan fingerprint density at radius 1 is 1.12 bits per heavy atom. The molecule has 4 nitrogen and oxygen atoms in total. The fraction of sp³-hybridized carbons (Fsp3) is 0.333. The molecule has 0 unspecified atom stereocenters. The van der Waals surface area contributed by atoms with Gasteiger partial charge in [-0.05, 0) is 60.7 Å². The van der Waals surface area contributed by atoms with Crippen molar-refractivity contribution in [1.29, 1.82) is 0 Å². The second-order valence-electron chi connectivity index (χ2n) is 7.04. The van der Waals surface area contributed by atoms with Crippen molar-refractivity contribution in [2.24, 2.45) is 5.92 Å². The summed E-state index contributed by atoms with van der Waals surface area (Å²) < 4.78 is 14.4. The maximum atomic E-state index is 14.4. The molecule has 2 aromatic carbocycles. The number of aromatic nitrogens is 3. The van der Waals surface area contributed by atoms with Crippen molar-refractivity contribution in [3.8, 4) is 22.5 Å². The highest BCUT2D eigenvalue weighted by Crippen LogP contribution is 2.30. The first-order chi connectivity index (χ1) is 12.5. The van der Waals surface area contributed by atoms with Gasteiger partial charge in [0, 0.05) is 17.7 Å². The molecule has 1 aromatic heterocycles. The van der Waals surface area contributed by atoms with E-state index in [1.54, 1.807) is 6.07 Å². The average Bonchev–Trinajstić information content (AvgIpc) is 3.14. The van der Waals surface area contributed by atoms with E-state index in [9.17, 15) is 4.39 Å². The Labute approximate surface area is 153 Å². The molecule has 0 aliphatic carbocycles. The maximum absolute atomic E-state index is 14.4. The number of nitrogens with zero attached hydrogens (tertiary/aromatic N) is 2. The molecule has 26 heavy (non-hydrogen) atoms. The predicted molar refractivity (Wildman–Crippen MR) is 103 cm³/mol. The molecule has 0 saturated carbocycles. The molecule has 0 fully saturated rings. The average molecular weight is 352 g/mol. The molecule has 3 aromatic rings. The van der Waals surface area contributed by atoms with Crippen LogP contribution in [-0.4, -0.2) is 21.7 Å². The highest BCUT2D eigenvalue weighted by molar-refractivity contribution is 5.73. The van der Waals surface area contributed by atoms with Crippen LogP contribution in [0.25, 0.3) is 22.5 Å². The molecule has 0 radical (unpaired) electrons. The summed E-state index contributed by atoms with van der Waals surface area (Å²) in [7, 11) is 0. The van der Waals surface area contributed by atoms with Crippen LogP contribution in [0, 0.1) is 18.7 Å². The summed E-state index contributed by atoms with van der Waals surface area (Å²) in [5.74, 6) is 1.10. The van der Waals surface area contributed by atoms with Crippen LogP contribution in [0.1, 0.15) is 31.4 Å². The van der Waals surface area contributed by atoms with E-state index >= 15 is 0 Å². The van der Waals surface area contributed by atoms with Gasteiger partial charge in [0.25, 0.3) is 0 Å². The van der Waals surface area contributed by atoms with Crippen LogP contribution >= 0.6 is 0 Å². The Hall–Kier alpha value is -2.53. The van der Waals surface area contributed by atoms with Gasteiger partial charge in [-0.1, -0.05) is 32.0 Å². The summed E-state index contributed by atoms with van der Waals surface area (Å²) in [5.41, 5.74) is 4.56. The number of aromatic amines is 1. The lowest BCUT2D eigenvalue weighted by Gasteiger charge is -2.12. The minimum Gasteiger partial charge on any atom is -0.328 e. The lowest BCUT2D eigenvalue weighted by atomic mass is 9.96. The van der Waals surface area contributed by atoms with Crippen molar-refractivity contribution in [2.45, 2.75) is 33.7 Å². The number of benzene rings is 2. The third-order valence-electron chi connectivity index (χ3n) is 4.47. The third kappa shape index (κ3) is 4.35. The topological polar surface area (TPSA) is 53.6 Å². The van der Waals surface area contributed by atoms with Gasteiger partial charge >= 0.3 is 0 Å². The molecule has 136 valence electrons. The van der Waals surface area contributed by atoms with Gasteiger partial charge in [-0.3, -0.25) is 0 Å². The molecule has 1 heterocycles. The minimum atomic E-state index is -0.237. The van der Waals surface area contributed by atoms with E-state index in [1.807, 2.05) is 19.1 Å². The first-order valence-electron chi connectivity index (χ1n) is 9.01. The van der Waals surface area contributed by atoms with Gasteiger partial charge in [0.1, 0.15) is 12.1 Å². The highest BCUT2D eigenvalue weighted by atomic mass is 19.1. The molecule has 0 bridgehead atoms. The Bertz CT molecular complexity index is 856. The monoisotopic (exact) mass is 352 g/mol. The second kappa shape index (κ2) is 8.23. The van der Waals surface area contributed by atoms with Crippen molar-refractivity contribution >= 4 is 0 Å². The Balaban J connectivity index is 1.80. The van der Waals surface area contributed by atoms with Crippen LogP contribution in [0.2, 0.25) is 0 Å². The highest BCUT2D eigenvalue weighted by Gasteiger charge is 2.11. The zero-order valence-corrected chi connectivity index (χ0v) is 15.5. The SMILES string of the molecule is Cc1cc(CNCCC(C)C)ccc1-c1cc(-c2nnc[nH]2)ccc1F. The summed E-state index contributed by atoms with van der Waals surface area (Å²) in [4.78, 5) is 2.96. The number of hydrogen-bond acceptors (Lipinski definition) is 3. The molecular weight excluding hydrogens is 327 g/mol. The Morgan fingerprint density at radius 2 is 1.96 bits per heavy atom. The van der Waals surface area contributed by atoms with Gasteiger partial charge in [-0.25, -0.2) is 4.39 Å². The number of H-pyrrole nitrogens is 1. The molecule has 0 saturated heterocycles. The van der Waals surface area contributed by atoms with E-state index in [-0.39, 0.29) is 5.82 Å². The van der Waals surface area contributed by atoms with Crippen LogP contribution in [0.15, 0.2) is 42.7 Å². The summed E-state index contributed by atoms with van der Waals surface area (Å²) in [6, 6.07) is 11.2. The molecule has 0 spiro atoms. The lowest BCUT2D eigenvalue weighted by Crippen LogP contribution is -2.16. The number of hydrogen-bond donors (Lipinski definition) is 2. The number of rotatable bonds is 7. The lowest BCUT2D eigenvalue weighted by molar-refractivity contribution is 0.537. The smallest absolute Gasteiger partial charge is 0.161 e. The fourth-order valence-corrected chi connectivity index (χ4v) is 2.99. The molecule has 0 aliphatic heterocycles. The van der Waals surface area contributed by atoms with Crippen LogP contribution in [-0.2, 0) is 6.54 Å². The van der Waals surface area contributed by atoms with E-state index in [2.05, 4.69) is 46.5 Å². The van der Waals surface area contributed by atoms with Crippen LogP contribution in [0.4, 0.5) is 4.39 Å². The first-order valence-corrected chi connectivity index (χ1v) is 9.01. The van der Waals surface area contributed by atoms with Crippen molar-refractivity contribution in [3.05, 3.63) is 59.7 Å². The molecule has 0 aliphatic rings. The largest absolute Gasteiger partial charge is 0.328 e. The van der Waals surface area contributed by atoms with Crippen LogP contribution in [0.3, 0.4) is 0 Å². The quantitative estimate of drug-likeness (QED) is 0.605. The van der Waals surface area contributed by atoms with E-state index in [0.29, 0.717) is 17.3 Å². The maximum Gasteiger partial charge on any atom is 0.161 e. The van der Waals surface area contributed by atoms with Gasteiger partial charge < -0.3 is 10.3 Å². The standard InChI is InChI=1S/C21H25FN4/c1-14(2)8-9-23-12-16-4-6-18(15(3)10-16)19-11-17(5-7-20(19)22)21-24-13-25-26-21/h4-7,10-11,13-14,23H,8-9,12H2,1-3H3,(H,24,25,26). The molecule has 5 heteroatoms. The first kappa shape index (κ1) is 18.3.